The Morgan fingerprint density at radius 3 is 2.88 bits per heavy atom. The smallest absolute Gasteiger partial charge is 0.0966 e. The average Bonchev–Trinajstić information content (AvgIpc) is 2.32. The number of hydrogen-bond acceptors (Lipinski definition) is 2. The van der Waals surface area contributed by atoms with Crippen LogP contribution in [0.5, 0.6) is 0 Å². The van der Waals surface area contributed by atoms with E-state index in [4.69, 9.17) is 16.3 Å². The molecule has 1 aromatic carbocycles. The molecule has 0 bridgehead atoms. The van der Waals surface area contributed by atoms with Crippen molar-refractivity contribution in [1.29, 1.82) is 0 Å². The first-order valence-corrected chi connectivity index (χ1v) is 6.24. The van der Waals surface area contributed by atoms with Gasteiger partial charge in [0.05, 0.1) is 12.7 Å². The normalized spacial score (nSPS) is 18.4. The van der Waals surface area contributed by atoms with E-state index < -0.39 is 0 Å². The summed E-state index contributed by atoms with van der Waals surface area (Å²) in [5.41, 5.74) is 2.48. The number of ether oxygens (including phenoxy) is 1. The summed E-state index contributed by atoms with van der Waals surface area (Å²) < 4.78 is 5.68. The molecule has 16 heavy (non-hydrogen) atoms. The van der Waals surface area contributed by atoms with Crippen LogP contribution in [-0.4, -0.2) is 20.2 Å². The van der Waals surface area contributed by atoms with E-state index in [1.54, 1.807) is 0 Å². The molecule has 1 aromatic rings. The molecule has 0 fully saturated rings. The van der Waals surface area contributed by atoms with Crippen LogP contribution in [0.4, 0.5) is 0 Å². The van der Waals surface area contributed by atoms with Gasteiger partial charge < -0.3 is 10.1 Å². The highest BCUT2D eigenvalue weighted by Gasteiger charge is 2.22. The number of fused-ring (bicyclic) bond motifs is 1. The molecule has 0 radical (unpaired) electrons. The number of nitrogens with one attached hydrogen (secondary N) is 1. The maximum atomic E-state index is 6.16. The molecule has 0 spiro atoms. The molecule has 0 aromatic heterocycles. The molecule has 1 aliphatic heterocycles. The van der Waals surface area contributed by atoms with Crippen molar-refractivity contribution in [3.63, 3.8) is 0 Å². The van der Waals surface area contributed by atoms with Crippen LogP contribution in [0.2, 0.25) is 5.02 Å². The van der Waals surface area contributed by atoms with Gasteiger partial charge in [-0.15, -0.1) is 0 Å². The van der Waals surface area contributed by atoms with E-state index in [0.717, 1.165) is 30.2 Å². The third kappa shape index (κ3) is 2.97. The molecule has 1 N–H and O–H groups in total. The van der Waals surface area contributed by atoms with Crippen LogP contribution in [0, 0.1) is 0 Å². The van der Waals surface area contributed by atoms with Gasteiger partial charge in [-0.05, 0) is 25.1 Å². The van der Waals surface area contributed by atoms with Gasteiger partial charge in [0.2, 0.25) is 0 Å². The predicted octanol–water partition coefficient (Wildman–Crippen LogP) is 3.20. The Hall–Kier alpha value is -0.570. The van der Waals surface area contributed by atoms with Gasteiger partial charge in [-0.1, -0.05) is 37.6 Å². The second kappa shape index (κ2) is 6.89. The molecule has 90 valence electrons. The summed E-state index contributed by atoms with van der Waals surface area (Å²) in [5.74, 6) is 0. The molecule has 2 nitrogen and oxygen atoms in total. The monoisotopic (exact) mass is 241 g/mol. The molecule has 0 amide bonds. The predicted molar refractivity (Wildman–Crippen MR) is 69.1 cm³/mol. The first-order chi connectivity index (χ1) is 7.83. The van der Waals surface area contributed by atoms with Gasteiger partial charge in [-0.25, -0.2) is 0 Å². The number of benzene rings is 1. The van der Waals surface area contributed by atoms with E-state index >= 15 is 0 Å². The van der Waals surface area contributed by atoms with Gasteiger partial charge in [0.15, 0.2) is 0 Å². The van der Waals surface area contributed by atoms with Crippen LogP contribution in [-0.2, 0) is 11.2 Å². The Bertz CT molecular complexity index is 328. The Labute approximate surface area is 103 Å². The summed E-state index contributed by atoms with van der Waals surface area (Å²) in [6.07, 6.45) is 1.08. The minimum Gasteiger partial charge on any atom is -0.372 e. The highest BCUT2D eigenvalue weighted by Crippen LogP contribution is 2.32. The van der Waals surface area contributed by atoms with Crippen LogP contribution >= 0.6 is 11.6 Å². The van der Waals surface area contributed by atoms with Crippen molar-refractivity contribution in [2.24, 2.45) is 0 Å². The van der Waals surface area contributed by atoms with Crippen LogP contribution in [0.15, 0.2) is 18.2 Å². The lowest BCUT2D eigenvalue weighted by Gasteiger charge is -2.26. The third-order valence-corrected chi connectivity index (χ3v) is 2.87. The first-order valence-electron chi connectivity index (χ1n) is 5.86. The highest BCUT2D eigenvalue weighted by atomic mass is 35.5. The van der Waals surface area contributed by atoms with Crippen molar-refractivity contribution < 1.29 is 4.74 Å². The van der Waals surface area contributed by atoms with Crippen molar-refractivity contribution in [2.75, 3.05) is 20.2 Å². The van der Waals surface area contributed by atoms with Crippen molar-refractivity contribution in [1.82, 2.24) is 5.32 Å². The van der Waals surface area contributed by atoms with Gasteiger partial charge >= 0.3 is 0 Å². The van der Waals surface area contributed by atoms with E-state index in [-0.39, 0.29) is 6.10 Å². The topological polar surface area (TPSA) is 21.3 Å². The van der Waals surface area contributed by atoms with E-state index in [0.29, 0.717) is 0 Å². The number of likely N-dealkylation sites (N-methyl/N-ethyl adjacent to an activating group) is 1. The Balaban J connectivity index is 0.000000606. The summed E-state index contributed by atoms with van der Waals surface area (Å²) in [6, 6.07) is 6.06. The summed E-state index contributed by atoms with van der Waals surface area (Å²) in [4.78, 5) is 0. The van der Waals surface area contributed by atoms with Crippen LogP contribution in [0.1, 0.15) is 31.1 Å². The largest absolute Gasteiger partial charge is 0.372 e. The fourth-order valence-corrected chi connectivity index (χ4v) is 2.22. The molecule has 0 aliphatic carbocycles. The minimum atomic E-state index is 0.109. The molecule has 1 aliphatic rings. The van der Waals surface area contributed by atoms with E-state index in [2.05, 4.69) is 11.4 Å². The Kier molecular flexibility index (Phi) is 5.81. The van der Waals surface area contributed by atoms with Crippen LogP contribution < -0.4 is 5.32 Å². The molecule has 1 atom stereocenters. The number of hydrogen-bond donors (Lipinski definition) is 1. The lowest BCUT2D eigenvalue weighted by Crippen LogP contribution is -2.25. The van der Waals surface area contributed by atoms with Crippen molar-refractivity contribution in [3.05, 3.63) is 34.3 Å². The molecular formula is C13H20ClNO. The Morgan fingerprint density at radius 1 is 1.44 bits per heavy atom. The number of rotatable bonds is 2. The molecule has 1 unspecified atom stereocenters. The quantitative estimate of drug-likeness (QED) is 0.859. The SMILES string of the molecule is CC.CNCC1OCCc2cccc(Cl)c21. The molecule has 0 saturated heterocycles. The maximum absolute atomic E-state index is 6.16. The first kappa shape index (κ1) is 13.5. The minimum absolute atomic E-state index is 0.109. The zero-order chi connectivity index (χ0) is 12.0. The third-order valence-electron chi connectivity index (χ3n) is 2.55. The van der Waals surface area contributed by atoms with Crippen LogP contribution in [0.25, 0.3) is 0 Å². The summed E-state index contributed by atoms with van der Waals surface area (Å²) in [5, 5.41) is 3.94. The van der Waals surface area contributed by atoms with Gasteiger partial charge in [0, 0.05) is 17.1 Å². The van der Waals surface area contributed by atoms with Gasteiger partial charge in [0.25, 0.3) is 0 Å². The second-order valence-corrected chi connectivity index (χ2v) is 3.89. The van der Waals surface area contributed by atoms with E-state index in [1.165, 1.54) is 5.56 Å². The fourth-order valence-electron chi connectivity index (χ4n) is 1.90. The average molecular weight is 242 g/mol. The fraction of sp³-hybridized carbons (Fsp3) is 0.538. The zero-order valence-electron chi connectivity index (χ0n) is 10.2. The van der Waals surface area contributed by atoms with Crippen LogP contribution in [0.3, 0.4) is 0 Å². The lowest BCUT2D eigenvalue weighted by atomic mass is 9.97. The van der Waals surface area contributed by atoms with Gasteiger partial charge in [0.1, 0.15) is 0 Å². The molecule has 1 heterocycles. The van der Waals surface area contributed by atoms with E-state index in [9.17, 15) is 0 Å². The molecule has 2 rings (SSSR count). The Morgan fingerprint density at radius 2 is 2.19 bits per heavy atom. The van der Waals surface area contributed by atoms with E-state index in [1.807, 2.05) is 33.0 Å². The van der Waals surface area contributed by atoms with Crippen molar-refractivity contribution >= 4 is 11.6 Å². The lowest BCUT2D eigenvalue weighted by molar-refractivity contribution is 0.0439. The summed E-state index contributed by atoms with van der Waals surface area (Å²) >= 11 is 6.16. The van der Waals surface area contributed by atoms with Gasteiger partial charge in [-0.2, -0.15) is 0 Å². The molecule has 0 saturated carbocycles. The highest BCUT2D eigenvalue weighted by molar-refractivity contribution is 6.31. The number of halogens is 1. The second-order valence-electron chi connectivity index (χ2n) is 3.48. The standard InChI is InChI=1S/C11H14ClNO.C2H6/c1-13-7-10-11-8(5-6-14-10)3-2-4-9(11)12;1-2/h2-4,10,13H,5-7H2,1H3;1-2H3. The zero-order valence-corrected chi connectivity index (χ0v) is 11.0. The summed E-state index contributed by atoms with van der Waals surface area (Å²) in [7, 11) is 1.93. The van der Waals surface area contributed by atoms with Crippen molar-refractivity contribution in [2.45, 2.75) is 26.4 Å². The maximum Gasteiger partial charge on any atom is 0.0966 e. The summed E-state index contributed by atoms with van der Waals surface area (Å²) in [6.45, 7) is 5.61. The molecular weight excluding hydrogens is 222 g/mol. The van der Waals surface area contributed by atoms with Gasteiger partial charge in [-0.3, -0.25) is 0 Å². The van der Waals surface area contributed by atoms with Crippen molar-refractivity contribution in [3.8, 4) is 0 Å². The molecule has 3 heteroatoms.